The van der Waals surface area contributed by atoms with Crippen LogP contribution in [0.1, 0.15) is 27.9 Å². The first kappa shape index (κ1) is 25.2. The summed E-state index contributed by atoms with van der Waals surface area (Å²) in [6.45, 7) is 3.22. The Morgan fingerprint density at radius 2 is 1.86 bits per heavy atom. The minimum atomic E-state index is -5.22. The fourth-order valence-electron chi connectivity index (χ4n) is 5.03. The van der Waals surface area contributed by atoms with Crippen LogP contribution < -0.4 is 4.90 Å². The SMILES string of the molecule is O=C(OC(=O)C(F)(F)F)c1ccc2c(c1)CC[C@@H]1CN(Cc3ccncc3-c3ccc(Cl)cc3)CCN21. The van der Waals surface area contributed by atoms with Crippen LogP contribution in [0.15, 0.2) is 60.9 Å². The Labute approximate surface area is 216 Å². The Balaban J connectivity index is 1.27. The lowest BCUT2D eigenvalue weighted by Crippen LogP contribution is -2.54. The zero-order valence-corrected chi connectivity index (χ0v) is 20.4. The van der Waals surface area contributed by atoms with Crippen LogP contribution in [0.3, 0.4) is 0 Å². The zero-order chi connectivity index (χ0) is 26.2. The molecule has 6 nitrogen and oxygen atoms in total. The number of pyridine rings is 1. The highest BCUT2D eigenvalue weighted by molar-refractivity contribution is 6.30. The highest BCUT2D eigenvalue weighted by Gasteiger charge is 2.42. The van der Waals surface area contributed by atoms with E-state index in [1.807, 2.05) is 36.5 Å². The summed E-state index contributed by atoms with van der Waals surface area (Å²) in [7, 11) is 0. The Bertz CT molecular complexity index is 1330. The molecule has 37 heavy (non-hydrogen) atoms. The molecule has 0 saturated carbocycles. The molecule has 0 unspecified atom stereocenters. The summed E-state index contributed by atoms with van der Waals surface area (Å²) < 4.78 is 41.3. The van der Waals surface area contributed by atoms with Crippen molar-refractivity contribution in [2.75, 3.05) is 24.5 Å². The molecule has 0 spiro atoms. The molecule has 1 fully saturated rings. The lowest BCUT2D eigenvalue weighted by atomic mass is 9.92. The summed E-state index contributed by atoms with van der Waals surface area (Å²) in [6, 6.07) is 14.7. The molecule has 1 saturated heterocycles. The van der Waals surface area contributed by atoms with Crippen LogP contribution >= 0.6 is 11.6 Å². The van der Waals surface area contributed by atoms with Crippen LogP contribution in [-0.2, 0) is 22.5 Å². The summed E-state index contributed by atoms with van der Waals surface area (Å²) in [5, 5.41) is 0.682. The third kappa shape index (κ3) is 5.47. The van der Waals surface area contributed by atoms with Crippen molar-refractivity contribution in [2.24, 2.45) is 0 Å². The van der Waals surface area contributed by atoms with E-state index in [9.17, 15) is 22.8 Å². The molecule has 0 bridgehead atoms. The Hall–Kier alpha value is -3.43. The molecule has 0 aliphatic carbocycles. The number of halogens is 4. The van der Waals surface area contributed by atoms with Gasteiger partial charge < -0.3 is 9.64 Å². The molecule has 1 aromatic heterocycles. The van der Waals surface area contributed by atoms with Gasteiger partial charge in [-0.25, -0.2) is 9.59 Å². The lowest BCUT2D eigenvalue weighted by Gasteiger charge is -2.46. The second-order valence-electron chi connectivity index (χ2n) is 9.18. The van der Waals surface area contributed by atoms with E-state index in [4.69, 9.17) is 11.6 Å². The second-order valence-corrected chi connectivity index (χ2v) is 9.62. The number of carbonyl (C=O) groups excluding carboxylic acids is 2. The van der Waals surface area contributed by atoms with E-state index >= 15 is 0 Å². The fourth-order valence-corrected chi connectivity index (χ4v) is 5.16. The maximum absolute atomic E-state index is 12.4. The van der Waals surface area contributed by atoms with E-state index in [1.54, 1.807) is 12.3 Å². The smallest absolute Gasteiger partial charge is 0.383 e. The van der Waals surface area contributed by atoms with Gasteiger partial charge in [-0.15, -0.1) is 0 Å². The number of benzene rings is 2. The first-order valence-corrected chi connectivity index (χ1v) is 12.2. The Kier molecular flexibility index (Phi) is 6.92. The number of anilines is 1. The number of hydrogen-bond acceptors (Lipinski definition) is 6. The predicted octanol–water partition coefficient (Wildman–Crippen LogP) is 5.28. The monoisotopic (exact) mass is 529 g/mol. The molecule has 2 aliphatic rings. The number of aryl methyl sites for hydroxylation is 1. The largest absolute Gasteiger partial charge is 0.491 e. The van der Waals surface area contributed by atoms with Crippen LogP contribution in [0.4, 0.5) is 18.9 Å². The average molecular weight is 530 g/mol. The molecule has 0 radical (unpaired) electrons. The van der Waals surface area contributed by atoms with E-state index in [1.165, 1.54) is 17.7 Å². The third-order valence-corrected chi connectivity index (χ3v) is 7.07. The van der Waals surface area contributed by atoms with E-state index in [0.29, 0.717) is 11.4 Å². The third-order valence-electron chi connectivity index (χ3n) is 6.82. The highest BCUT2D eigenvalue weighted by Crippen LogP contribution is 2.34. The van der Waals surface area contributed by atoms with Gasteiger partial charge in [-0.05, 0) is 65.9 Å². The average Bonchev–Trinajstić information content (AvgIpc) is 2.88. The molecule has 0 amide bonds. The summed E-state index contributed by atoms with van der Waals surface area (Å²) in [4.78, 5) is 32.1. The van der Waals surface area contributed by atoms with Gasteiger partial charge in [-0.2, -0.15) is 13.2 Å². The molecule has 2 aliphatic heterocycles. The van der Waals surface area contributed by atoms with E-state index in [0.717, 1.165) is 55.0 Å². The van der Waals surface area contributed by atoms with Crippen molar-refractivity contribution in [3.05, 3.63) is 82.6 Å². The van der Waals surface area contributed by atoms with Gasteiger partial charge >= 0.3 is 18.1 Å². The normalized spacial score (nSPS) is 17.6. The summed E-state index contributed by atoms with van der Waals surface area (Å²) >= 11 is 6.05. The Morgan fingerprint density at radius 3 is 2.62 bits per heavy atom. The molecule has 0 N–H and O–H groups in total. The van der Waals surface area contributed by atoms with Gasteiger partial charge in [0.25, 0.3) is 0 Å². The van der Waals surface area contributed by atoms with Crippen LogP contribution in [0.2, 0.25) is 5.02 Å². The zero-order valence-electron chi connectivity index (χ0n) is 19.7. The van der Waals surface area contributed by atoms with Crippen molar-refractivity contribution in [3.63, 3.8) is 0 Å². The first-order valence-electron chi connectivity index (χ1n) is 11.8. The molecule has 3 aromatic rings. The number of esters is 2. The lowest BCUT2D eigenvalue weighted by molar-refractivity contribution is -0.193. The van der Waals surface area contributed by atoms with Gasteiger partial charge in [-0.1, -0.05) is 23.7 Å². The van der Waals surface area contributed by atoms with Crippen molar-refractivity contribution in [1.82, 2.24) is 9.88 Å². The van der Waals surface area contributed by atoms with Gasteiger partial charge in [-0.3, -0.25) is 9.88 Å². The topological polar surface area (TPSA) is 62.7 Å². The standard InChI is InChI=1S/C27H23ClF3N3O3/c28-21-5-1-17(2-6-21)23-14-32-10-9-20(23)15-33-11-12-34-22(16-33)7-3-18-13-19(4-8-24(18)34)25(35)37-26(36)27(29,30)31/h1-2,4-6,8-10,13-14,22H,3,7,11-12,15-16H2/t22-/m1/s1. The number of ether oxygens (including phenoxy) is 1. The number of fused-ring (bicyclic) bond motifs is 3. The number of hydrogen-bond donors (Lipinski definition) is 0. The van der Waals surface area contributed by atoms with Gasteiger partial charge in [0, 0.05) is 60.9 Å². The summed E-state index contributed by atoms with van der Waals surface area (Å²) in [5.74, 6) is -3.81. The number of carbonyl (C=O) groups is 2. The minimum absolute atomic E-state index is 0.0687. The van der Waals surface area contributed by atoms with Crippen LogP contribution in [0.5, 0.6) is 0 Å². The van der Waals surface area contributed by atoms with Gasteiger partial charge in [0.1, 0.15) is 0 Å². The van der Waals surface area contributed by atoms with Gasteiger partial charge in [0.15, 0.2) is 0 Å². The van der Waals surface area contributed by atoms with Crippen molar-refractivity contribution in [3.8, 4) is 11.1 Å². The number of piperazine rings is 1. The van der Waals surface area contributed by atoms with Gasteiger partial charge in [0.2, 0.25) is 0 Å². The van der Waals surface area contributed by atoms with E-state index < -0.39 is 18.1 Å². The van der Waals surface area contributed by atoms with Crippen molar-refractivity contribution in [2.45, 2.75) is 31.6 Å². The molecular weight excluding hydrogens is 507 g/mol. The molecular formula is C27H23ClF3N3O3. The maximum Gasteiger partial charge on any atom is 0.491 e. The molecule has 10 heteroatoms. The summed E-state index contributed by atoms with van der Waals surface area (Å²) in [6.07, 6.45) is -0.0420. The molecule has 192 valence electrons. The molecule has 3 heterocycles. The number of alkyl halides is 3. The highest BCUT2D eigenvalue weighted by atomic mass is 35.5. The Morgan fingerprint density at radius 1 is 1.08 bits per heavy atom. The van der Waals surface area contributed by atoms with Crippen molar-refractivity contribution >= 4 is 29.2 Å². The quantitative estimate of drug-likeness (QED) is 0.338. The van der Waals surface area contributed by atoms with Gasteiger partial charge in [0.05, 0.1) is 5.56 Å². The molecule has 2 aromatic carbocycles. The van der Waals surface area contributed by atoms with Crippen LogP contribution in [0.25, 0.3) is 11.1 Å². The first-order chi connectivity index (χ1) is 17.7. The predicted molar refractivity (Wildman–Crippen MR) is 132 cm³/mol. The van der Waals surface area contributed by atoms with E-state index in [-0.39, 0.29) is 11.6 Å². The molecule has 1 atom stereocenters. The fraction of sp³-hybridized carbons (Fsp3) is 0.296. The maximum atomic E-state index is 12.4. The summed E-state index contributed by atoms with van der Waals surface area (Å²) in [5.41, 5.74) is 5.06. The minimum Gasteiger partial charge on any atom is -0.383 e. The molecule has 5 rings (SSSR count). The van der Waals surface area contributed by atoms with E-state index in [2.05, 4.69) is 19.5 Å². The second kappa shape index (κ2) is 10.1. The van der Waals surface area contributed by atoms with Crippen LogP contribution in [0, 0.1) is 0 Å². The number of rotatable bonds is 4. The van der Waals surface area contributed by atoms with Crippen molar-refractivity contribution < 1.29 is 27.5 Å². The number of aromatic nitrogens is 1. The van der Waals surface area contributed by atoms with Crippen LogP contribution in [-0.4, -0.2) is 53.7 Å². The number of nitrogens with zero attached hydrogens (tertiary/aromatic N) is 3. The van der Waals surface area contributed by atoms with Crippen molar-refractivity contribution in [1.29, 1.82) is 0 Å².